The third-order valence-electron chi connectivity index (χ3n) is 2.40. The lowest BCUT2D eigenvalue weighted by Crippen LogP contribution is -2.12. The van der Waals surface area contributed by atoms with Crippen LogP contribution in [0.2, 0.25) is 0 Å². The number of hydrogen-bond donors (Lipinski definition) is 1. The van der Waals surface area contributed by atoms with Crippen molar-refractivity contribution in [3.05, 3.63) is 54.6 Å². The zero-order chi connectivity index (χ0) is 13.0. The Morgan fingerprint density at radius 2 is 1.56 bits per heavy atom. The number of thioether (sulfide) groups is 1. The molecular formula is C13H13NO2S2. The van der Waals surface area contributed by atoms with Crippen LogP contribution in [0.15, 0.2) is 64.4 Å². The Morgan fingerprint density at radius 3 is 2.11 bits per heavy atom. The van der Waals surface area contributed by atoms with Crippen LogP contribution in [-0.2, 0) is 10.0 Å². The van der Waals surface area contributed by atoms with Crippen LogP contribution in [0.5, 0.6) is 0 Å². The van der Waals surface area contributed by atoms with Gasteiger partial charge < -0.3 is 0 Å². The van der Waals surface area contributed by atoms with Crippen LogP contribution in [0.1, 0.15) is 0 Å². The van der Waals surface area contributed by atoms with Gasteiger partial charge in [-0.3, -0.25) is 4.72 Å². The van der Waals surface area contributed by atoms with Crippen molar-refractivity contribution in [3.8, 4) is 0 Å². The Hall–Kier alpha value is -1.46. The molecule has 0 spiro atoms. The molecule has 5 heteroatoms. The molecule has 0 unspecified atom stereocenters. The summed E-state index contributed by atoms with van der Waals surface area (Å²) in [5.41, 5.74) is 0.566. The molecule has 18 heavy (non-hydrogen) atoms. The SMILES string of the molecule is CSc1ccc(NS(=O)(=O)c2ccccc2)cc1. The summed E-state index contributed by atoms with van der Waals surface area (Å²) in [6.07, 6.45) is 1.98. The summed E-state index contributed by atoms with van der Waals surface area (Å²) >= 11 is 1.61. The first-order valence-electron chi connectivity index (χ1n) is 5.34. The lowest BCUT2D eigenvalue weighted by Gasteiger charge is -2.08. The highest BCUT2D eigenvalue weighted by Gasteiger charge is 2.12. The van der Waals surface area contributed by atoms with Crippen molar-refractivity contribution in [2.45, 2.75) is 9.79 Å². The van der Waals surface area contributed by atoms with E-state index in [-0.39, 0.29) is 4.90 Å². The number of benzene rings is 2. The number of anilines is 1. The molecule has 0 fully saturated rings. The number of hydrogen-bond acceptors (Lipinski definition) is 3. The van der Waals surface area contributed by atoms with Crippen molar-refractivity contribution in [1.82, 2.24) is 0 Å². The molecule has 0 bridgehead atoms. The van der Waals surface area contributed by atoms with Crippen LogP contribution in [0.25, 0.3) is 0 Å². The molecular weight excluding hydrogens is 266 g/mol. The quantitative estimate of drug-likeness (QED) is 0.874. The van der Waals surface area contributed by atoms with Crippen LogP contribution >= 0.6 is 11.8 Å². The van der Waals surface area contributed by atoms with Gasteiger partial charge >= 0.3 is 0 Å². The largest absolute Gasteiger partial charge is 0.280 e. The lowest BCUT2D eigenvalue weighted by atomic mass is 10.3. The second kappa shape index (κ2) is 5.46. The van der Waals surface area contributed by atoms with Crippen LogP contribution in [-0.4, -0.2) is 14.7 Å². The van der Waals surface area contributed by atoms with Crippen LogP contribution in [0, 0.1) is 0 Å². The van der Waals surface area contributed by atoms with Gasteiger partial charge in [0, 0.05) is 10.6 Å². The van der Waals surface area contributed by atoms with E-state index in [0.29, 0.717) is 5.69 Å². The maximum atomic E-state index is 12.0. The van der Waals surface area contributed by atoms with Gasteiger partial charge in [-0.25, -0.2) is 8.42 Å². The first-order valence-corrected chi connectivity index (χ1v) is 8.04. The Bertz CT molecular complexity index is 607. The maximum absolute atomic E-state index is 12.0. The van der Waals surface area contributed by atoms with Gasteiger partial charge in [0.2, 0.25) is 0 Å². The molecule has 0 heterocycles. The van der Waals surface area contributed by atoms with Crippen molar-refractivity contribution in [3.63, 3.8) is 0 Å². The van der Waals surface area contributed by atoms with Gasteiger partial charge in [-0.2, -0.15) is 0 Å². The van der Waals surface area contributed by atoms with E-state index in [4.69, 9.17) is 0 Å². The van der Waals surface area contributed by atoms with Crippen molar-refractivity contribution in [2.75, 3.05) is 11.0 Å². The van der Waals surface area contributed by atoms with Crippen molar-refractivity contribution in [2.24, 2.45) is 0 Å². The van der Waals surface area contributed by atoms with E-state index in [0.717, 1.165) is 4.90 Å². The summed E-state index contributed by atoms with van der Waals surface area (Å²) in [6.45, 7) is 0. The third kappa shape index (κ3) is 3.05. The summed E-state index contributed by atoms with van der Waals surface area (Å²) in [5, 5.41) is 0. The third-order valence-corrected chi connectivity index (χ3v) is 4.54. The highest BCUT2D eigenvalue weighted by molar-refractivity contribution is 7.98. The van der Waals surface area contributed by atoms with Crippen molar-refractivity contribution < 1.29 is 8.42 Å². The molecule has 0 radical (unpaired) electrons. The fourth-order valence-electron chi connectivity index (χ4n) is 1.47. The van der Waals surface area contributed by atoms with E-state index in [1.54, 1.807) is 54.2 Å². The molecule has 0 atom stereocenters. The predicted octanol–water partition coefficient (Wildman–Crippen LogP) is 3.21. The molecule has 0 saturated carbocycles. The van der Waals surface area contributed by atoms with Crippen LogP contribution in [0.4, 0.5) is 5.69 Å². The van der Waals surface area contributed by atoms with Crippen molar-refractivity contribution in [1.29, 1.82) is 0 Å². The Labute approximate surface area is 111 Å². The summed E-state index contributed by atoms with van der Waals surface area (Å²) in [6, 6.07) is 15.6. The molecule has 0 amide bonds. The Morgan fingerprint density at radius 1 is 0.944 bits per heavy atom. The van der Waals surface area contributed by atoms with Gasteiger partial charge in [-0.05, 0) is 42.7 Å². The average molecular weight is 279 g/mol. The standard InChI is InChI=1S/C13H13NO2S2/c1-17-12-9-7-11(8-10-12)14-18(15,16)13-5-3-2-4-6-13/h2-10,14H,1H3. The Balaban J connectivity index is 2.22. The number of rotatable bonds is 4. The van der Waals surface area contributed by atoms with Gasteiger partial charge in [0.15, 0.2) is 0 Å². The summed E-state index contributed by atoms with van der Waals surface area (Å²) in [5.74, 6) is 0. The number of nitrogens with one attached hydrogen (secondary N) is 1. The first-order chi connectivity index (χ1) is 8.62. The molecule has 2 aromatic carbocycles. The molecule has 94 valence electrons. The van der Waals surface area contributed by atoms with E-state index < -0.39 is 10.0 Å². The minimum absolute atomic E-state index is 0.263. The maximum Gasteiger partial charge on any atom is 0.261 e. The molecule has 0 aliphatic heterocycles. The first kappa shape index (κ1) is 13.0. The van der Waals surface area contributed by atoms with E-state index in [1.165, 1.54) is 0 Å². The van der Waals surface area contributed by atoms with Crippen LogP contribution in [0.3, 0.4) is 0 Å². The minimum atomic E-state index is -3.49. The van der Waals surface area contributed by atoms with Gasteiger partial charge in [0.1, 0.15) is 0 Å². The molecule has 0 aliphatic carbocycles. The fraction of sp³-hybridized carbons (Fsp3) is 0.0769. The normalized spacial score (nSPS) is 11.2. The van der Waals surface area contributed by atoms with E-state index in [1.807, 2.05) is 18.4 Å². The molecule has 0 saturated heterocycles. The molecule has 2 rings (SSSR count). The van der Waals surface area contributed by atoms with Gasteiger partial charge in [0.25, 0.3) is 10.0 Å². The molecule has 3 nitrogen and oxygen atoms in total. The lowest BCUT2D eigenvalue weighted by molar-refractivity contribution is 0.601. The second-order valence-corrected chi connectivity index (χ2v) is 6.21. The number of sulfonamides is 1. The predicted molar refractivity (Wildman–Crippen MR) is 75.5 cm³/mol. The topological polar surface area (TPSA) is 46.2 Å². The molecule has 1 N–H and O–H groups in total. The zero-order valence-electron chi connectivity index (χ0n) is 9.83. The average Bonchev–Trinajstić information content (AvgIpc) is 2.40. The summed E-state index contributed by atoms with van der Waals surface area (Å²) in [4.78, 5) is 1.36. The smallest absolute Gasteiger partial charge is 0.261 e. The monoisotopic (exact) mass is 279 g/mol. The zero-order valence-corrected chi connectivity index (χ0v) is 11.5. The van der Waals surface area contributed by atoms with E-state index >= 15 is 0 Å². The molecule has 0 aliphatic rings. The highest BCUT2D eigenvalue weighted by atomic mass is 32.2. The van der Waals surface area contributed by atoms with Gasteiger partial charge in [-0.1, -0.05) is 18.2 Å². The van der Waals surface area contributed by atoms with E-state index in [9.17, 15) is 8.42 Å². The van der Waals surface area contributed by atoms with Gasteiger partial charge in [-0.15, -0.1) is 11.8 Å². The minimum Gasteiger partial charge on any atom is -0.280 e. The Kier molecular flexibility index (Phi) is 3.93. The molecule has 2 aromatic rings. The van der Waals surface area contributed by atoms with Crippen molar-refractivity contribution >= 4 is 27.5 Å². The second-order valence-electron chi connectivity index (χ2n) is 3.65. The molecule has 0 aromatic heterocycles. The summed E-state index contributed by atoms with van der Waals surface area (Å²) in [7, 11) is -3.49. The highest BCUT2D eigenvalue weighted by Crippen LogP contribution is 2.20. The van der Waals surface area contributed by atoms with E-state index in [2.05, 4.69) is 4.72 Å². The summed E-state index contributed by atoms with van der Waals surface area (Å²) < 4.78 is 26.6. The van der Waals surface area contributed by atoms with Crippen LogP contribution < -0.4 is 4.72 Å². The van der Waals surface area contributed by atoms with Gasteiger partial charge in [0.05, 0.1) is 4.90 Å². The fourth-order valence-corrected chi connectivity index (χ4v) is 2.96.